The summed E-state index contributed by atoms with van der Waals surface area (Å²) in [7, 11) is 0.772. The van der Waals surface area contributed by atoms with Gasteiger partial charge >= 0.3 is 0 Å². The summed E-state index contributed by atoms with van der Waals surface area (Å²) in [6, 6.07) is 6.25. The van der Waals surface area contributed by atoms with Gasteiger partial charge in [0.05, 0.1) is 0 Å². The van der Waals surface area contributed by atoms with Crippen LogP contribution in [0.3, 0.4) is 0 Å². The molecule has 0 saturated heterocycles. The summed E-state index contributed by atoms with van der Waals surface area (Å²) >= 11 is 0. The van der Waals surface area contributed by atoms with E-state index in [-0.39, 0.29) is 0 Å². The van der Waals surface area contributed by atoms with Gasteiger partial charge in [-0.1, -0.05) is 6.07 Å². The number of hydrogen-bond acceptors (Lipinski definition) is 1. The standard InChI is InChI=1S/C8H12OSi/c1-6-3-7(2)5-8(4-6)9-10/h3-5H,1-2,10H3. The monoisotopic (exact) mass is 152 g/mol. The molecule has 1 rings (SSSR count). The SMILES string of the molecule is Cc1cc(C)cc(O[SiH3])c1. The molecule has 0 aromatic heterocycles. The summed E-state index contributed by atoms with van der Waals surface area (Å²) in [5.41, 5.74) is 2.54. The molecule has 2 heteroatoms. The lowest BCUT2D eigenvalue weighted by Crippen LogP contribution is -1.86. The van der Waals surface area contributed by atoms with Crippen molar-refractivity contribution in [1.29, 1.82) is 0 Å². The fraction of sp³-hybridized carbons (Fsp3) is 0.250. The van der Waals surface area contributed by atoms with E-state index in [9.17, 15) is 0 Å². The van der Waals surface area contributed by atoms with Crippen LogP contribution in [-0.2, 0) is 0 Å². The predicted molar refractivity (Wildman–Crippen MR) is 46.5 cm³/mol. The molecular weight excluding hydrogens is 140 g/mol. The van der Waals surface area contributed by atoms with Gasteiger partial charge in [0.15, 0.2) is 0 Å². The molecule has 0 fully saturated rings. The van der Waals surface area contributed by atoms with Gasteiger partial charge in [-0.2, -0.15) is 0 Å². The number of hydrogen-bond donors (Lipinski definition) is 0. The molecule has 0 radical (unpaired) electrons. The fourth-order valence-corrected chi connectivity index (χ4v) is 1.29. The first-order valence-electron chi connectivity index (χ1n) is 3.34. The molecule has 0 atom stereocenters. The van der Waals surface area contributed by atoms with Crippen LogP contribution in [0.2, 0.25) is 0 Å². The van der Waals surface area contributed by atoms with Crippen molar-refractivity contribution in [3.63, 3.8) is 0 Å². The van der Waals surface area contributed by atoms with Crippen molar-refractivity contribution < 1.29 is 4.43 Å². The highest BCUT2D eigenvalue weighted by molar-refractivity contribution is 5.99. The van der Waals surface area contributed by atoms with E-state index in [2.05, 4.69) is 32.0 Å². The van der Waals surface area contributed by atoms with Gasteiger partial charge in [-0.15, -0.1) is 0 Å². The maximum atomic E-state index is 5.21. The Balaban J connectivity index is 3.06. The Labute approximate surface area is 64.6 Å². The van der Waals surface area contributed by atoms with Gasteiger partial charge in [0.2, 0.25) is 10.5 Å². The lowest BCUT2D eigenvalue weighted by atomic mass is 10.1. The van der Waals surface area contributed by atoms with E-state index >= 15 is 0 Å². The van der Waals surface area contributed by atoms with Crippen molar-refractivity contribution in [2.45, 2.75) is 13.8 Å². The average Bonchev–Trinajstić information content (AvgIpc) is 1.85. The normalized spacial score (nSPS) is 9.80. The number of rotatable bonds is 1. The number of aryl methyl sites for hydroxylation is 2. The van der Waals surface area contributed by atoms with Crippen molar-refractivity contribution >= 4 is 10.5 Å². The van der Waals surface area contributed by atoms with Gasteiger partial charge < -0.3 is 4.43 Å². The second-order valence-electron chi connectivity index (χ2n) is 2.53. The smallest absolute Gasteiger partial charge is 0.204 e. The highest BCUT2D eigenvalue weighted by Crippen LogP contribution is 2.14. The zero-order chi connectivity index (χ0) is 7.56. The van der Waals surface area contributed by atoms with Crippen LogP contribution < -0.4 is 4.43 Å². The summed E-state index contributed by atoms with van der Waals surface area (Å²) < 4.78 is 5.21. The van der Waals surface area contributed by atoms with Crippen LogP contribution >= 0.6 is 0 Å². The summed E-state index contributed by atoms with van der Waals surface area (Å²) in [4.78, 5) is 0. The second-order valence-corrected chi connectivity index (χ2v) is 2.94. The molecule has 0 aliphatic rings. The third-order valence-electron chi connectivity index (χ3n) is 1.43. The largest absolute Gasteiger partial charge is 0.553 e. The fourth-order valence-electron chi connectivity index (χ4n) is 1.05. The molecule has 54 valence electrons. The second kappa shape index (κ2) is 2.88. The quantitative estimate of drug-likeness (QED) is 0.545. The van der Waals surface area contributed by atoms with Crippen molar-refractivity contribution in [3.8, 4) is 5.75 Å². The van der Waals surface area contributed by atoms with Crippen LogP contribution in [0.1, 0.15) is 11.1 Å². The van der Waals surface area contributed by atoms with Crippen LogP contribution in [0.15, 0.2) is 18.2 Å². The van der Waals surface area contributed by atoms with Crippen molar-refractivity contribution in [3.05, 3.63) is 29.3 Å². The Morgan fingerprint density at radius 1 is 1.10 bits per heavy atom. The molecule has 1 nitrogen and oxygen atoms in total. The van der Waals surface area contributed by atoms with Crippen molar-refractivity contribution in [2.24, 2.45) is 0 Å². The van der Waals surface area contributed by atoms with E-state index in [1.165, 1.54) is 11.1 Å². The van der Waals surface area contributed by atoms with Gasteiger partial charge in [-0.25, -0.2) is 0 Å². The molecule has 0 heterocycles. The minimum atomic E-state index is 0.772. The molecule has 0 bridgehead atoms. The van der Waals surface area contributed by atoms with E-state index in [1.807, 2.05) is 0 Å². The Bertz CT molecular complexity index is 212. The summed E-state index contributed by atoms with van der Waals surface area (Å²) in [5.74, 6) is 1.00. The third-order valence-corrected chi connectivity index (χ3v) is 1.90. The molecular formula is C8H12OSi. The van der Waals surface area contributed by atoms with Crippen molar-refractivity contribution in [2.75, 3.05) is 0 Å². The highest BCUT2D eigenvalue weighted by Gasteiger charge is 1.91. The topological polar surface area (TPSA) is 9.23 Å². The van der Waals surface area contributed by atoms with E-state index in [1.54, 1.807) is 0 Å². The maximum absolute atomic E-state index is 5.21. The molecule has 10 heavy (non-hydrogen) atoms. The van der Waals surface area contributed by atoms with Gasteiger partial charge in [-0.3, -0.25) is 0 Å². The van der Waals surface area contributed by atoms with E-state index in [0.29, 0.717) is 0 Å². The molecule has 1 aromatic rings. The predicted octanol–water partition coefficient (Wildman–Crippen LogP) is 0.963. The van der Waals surface area contributed by atoms with Gasteiger partial charge in [-0.05, 0) is 37.1 Å². The Kier molecular flexibility index (Phi) is 2.12. The summed E-state index contributed by atoms with van der Waals surface area (Å²) in [5, 5.41) is 0. The minimum absolute atomic E-state index is 0.772. The Morgan fingerprint density at radius 3 is 2.00 bits per heavy atom. The van der Waals surface area contributed by atoms with E-state index in [4.69, 9.17) is 4.43 Å². The van der Waals surface area contributed by atoms with Crippen LogP contribution in [0.5, 0.6) is 5.75 Å². The lowest BCUT2D eigenvalue weighted by Gasteiger charge is -2.02. The summed E-state index contributed by atoms with van der Waals surface area (Å²) in [6.45, 7) is 4.16. The lowest BCUT2D eigenvalue weighted by molar-refractivity contribution is 0.615. The first-order chi connectivity index (χ1) is 4.72. The first-order valence-corrected chi connectivity index (χ1v) is 4.16. The Morgan fingerprint density at radius 2 is 1.60 bits per heavy atom. The van der Waals surface area contributed by atoms with Crippen LogP contribution in [-0.4, -0.2) is 10.5 Å². The molecule has 0 saturated carbocycles. The van der Waals surface area contributed by atoms with Gasteiger partial charge in [0.1, 0.15) is 5.75 Å². The van der Waals surface area contributed by atoms with Crippen molar-refractivity contribution in [1.82, 2.24) is 0 Å². The van der Waals surface area contributed by atoms with E-state index in [0.717, 1.165) is 16.2 Å². The third kappa shape index (κ3) is 1.61. The maximum Gasteiger partial charge on any atom is 0.204 e. The molecule has 0 spiro atoms. The molecule has 0 aliphatic heterocycles. The van der Waals surface area contributed by atoms with Gasteiger partial charge in [0, 0.05) is 0 Å². The van der Waals surface area contributed by atoms with Crippen LogP contribution in [0.4, 0.5) is 0 Å². The molecule has 1 aromatic carbocycles. The van der Waals surface area contributed by atoms with E-state index < -0.39 is 0 Å². The molecule has 0 aliphatic carbocycles. The van der Waals surface area contributed by atoms with Crippen LogP contribution in [0.25, 0.3) is 0 Å². The number of benzene rings is 1. The minimum Gasteiger partial charge on any atom is -0.553 e. The zero-order valence-electron chi connectivity index (χ0n) is 6.64. The average molecular weight is 152 g/mol. The zero-order valence-corrected chi connectivity index (χ0v) is 8.64. The van der Waals surface area contributed by atoms with Crippen LogP contribution in [0, 0.1) is 13.8 Å². The van der Waals surface area contributed by atoms with Gasteiger partial charge in [0.25, 0.3) is 0 Å². The molecule has 0 unspecified atom stereocenters. The highest BCUT2D eigenvalue weighted by atomic mass is 28.2. The molecule has 0 N–H and O–H groups in total. The summed E-state index contributed by atoms with van der Waals surface area (Å²) in [6.07, 6.45) is 0. The molecule has 0 amide bonds. The first kappa shape index (κ1) is 7.35. The Hall–Kier alpha value is -0.763.